The van der Waals surface area contributed by atoms with Gasteiger partial charge in [0.2, 0.25) is 0 Å². The van der Waals surface area contributed by atoms with Crippen molar-refractivity contribution in [3.05, 3.63) is 70.3 Å². The van der Waals surface area contributed by atoms with E-state index in [9.17, 15) is 19.7 Å². The van der Waals surface area contributed by atoms with Crippen LogP contribution in [-0.2, 0) is 9.59 Å². The van der Waals surface area contributed by atoms with Crippen LogP contribution in [0.25, 0.3) is 5.57 Å². The Morgan fingerprint density at radius 2 is 1.67 bits per heavy atom. The standard InChI is InChI=1S/C15H10N2O4/c18-10-14(11-4-2-1-3-5-11)15(19)16-12-6-8-13(9-7-12)17(20)21/h1-9H,(H,16,19). The summed E-state index contributed by atoms with van der Waals surface area (Å²) in [6, 6.07) is 13.7. The molecule has 104 valence electrons. The Morgan fingerprint density at radius 1 is 1.05 bits per heavy atom. The van der Waals surface area contributed by atoms with Crippen LogP contribution in [0.15, 0.2) is 54.6 Å². The molecule has 1 amide bonds. The minimum absolute atomic E-state index is 0.0813. The minimum Gasteiger partial charge on any atom is -0.321 e. The zero-order valence-corrected chi connectivity index (χ0v) is 10.8. The molecule has 0 aliphatic rings. The number of hydrogen-bond acceptors (Lipinski definition) is 4. The zero-order valence-electron chi connectivity index (χ0n) is 10.8. The van der Waals surface area contributed by atoms with E-state index in [1.54, 1.807) is 36.3 Å². The molecule has 0 aliphatic heterocycles. The van der Waals surface area contributed by atoms with E-state index in [1.807, 2.05) is 0 Å². The molecule has 0 heterocycles. The number of rotatable bonds is 4. The number of anilines is 1. The van der Waals surface area contributed by atoms with Crippen LogP contribution in [0.1, 0.15) is 5.56 Å². The number of carbonyl (C=O) groups is 1. The lowest BCUT2D eigenvalue weighted by Gasteiger charge is -2.06. The van der Waals surface area contributed by atoms with E-state index in [-0.39, 0.29) is 11.3 Å². The Kier molecular flexibility index (Phi) is 4.23. The minimum atomic E-state index is -0.620. The van der Waals surface area contributed by atoms with Crippen LogP contribution < -0.4 is 5.32 Å². The first kappa shape index (κ1) is 14.2. The monoisotopic (exact) mass is 282 g/mol. The summed E-state index contributed by atoms with van der Waals surface area (Å²) in [6.45, 7) is 0. The van der Waals surface area contributed by atoms with Gasteiger partial charge in [-0.05, 0) is 17.7 Å². The summed E-state index contributed by atoms with van der Waals surface area (Å²) < 4.78 is 0. The Hall–Kier alpha value is -3.24. The number of nitrogens with zero attached hydrogens (tertiary/aromatic N) is 1. The van der Waals surface area contributed by atoms with Gasteiger partial charge in [-0.3, -0.25) is 14.9 Å². The Bertz CT molecular complexity index is 717. The van der Waals surface area contributed by atoms with E-state index >= 15 is 0 Å². The lowest BCUT2D eigenvalue weighted by Crippen LogP contribution is -2.14. The highest BCUT2D eigenvalue weighted by Gasteiger charge is 2.14. The van der Waals surface area contributed by atoms with Crippen molar-refractivity contribution in [1.29, 1.82) is 0 Å². The SMILES string of the molecule is O=C=C(C(=O)Nc1ccc([N+](=O)[O-])cc1)c1ccccc1. The smallest absolute Gasteiger partial charge is 0.269 e. The number of nitro groups is 1. The maximum Gasteiger partial charge on any atom is 0.269 e. The Balaban J connectivity index is 2.17. The Labute approximate surface area is 119 Å². The summed E-state index contributed by atoms with van der Waals surface area (Å²) in [6.07, 6.45) is 0. The van der Waals surface area contributed by atoms with E-state index in [2.05, 4.69) is 5.32 Å². The third kappa shape index (κ3) is 3.40. The molecule has 6 nitrogen and oxygen atoms in total. The summed E-state index contributed by atoms with van der Waals surface area (Å²) in [5.74, 6) is 0.994. The number of carbonyl (C=O) groups excluding carboxylic acids is 2. The van der Waals surface area contributed by atoms with Crippen molar-refractivity contribution in [1.82, 2.24) is 0 Å². The van der Waals surface area contributed by atoms with E-state index in [1.165, 1.54) is 24.3 Å². The maximum atomic E-state index is 12.0. The normalized spacial score (nSPS) is 9.52. The van der Waals surface area contributed by atoms with Gasteiger partial charge in [0.25, 0.3) is 11.6 Å². The number of hydrogen-bond donors (Lipinski definition) is 1. The van der Waals surface area contributed by atoms with E-state index in [4.69, 9.17) is 0 Å². The van der Waals surface area contributed by atoms with Gasteiger partial charge in [-0.15, -0.1) is 0 Å². The van der Waals surface area contributed by atoms with Crippen LogP contribution in [0, 0.1) is 10.1 Å². The van der Waals surface area contributed by atoms with Gasteiger partial charge in [0.15, 0.2) is 0 Å². The number of amides is 1. The molecule has 0 unspecified atom stereocenters. The molecule has 0 aliphatic carbocycles. The topological polar surface area (TPSA) is 89.3 Å². The third-order valence-electron chi connectivity index (χ3n) is 2.73. The number of nitro benzene ring substituents is 1. The number of nitrogens with one attached hydrogen (secondary N) is 1. The highest BCUT2D eigenvalue weighted by molar-refractivity contribution is 6.32. The van der Waals surface area contributed by atoms with Gasteiger partial charge >= 0.3 is 0 Å². The second kappa shape index (κ2) is 6.27. The van der Waals surface area contributed by atoms with Crippen LogP contribution in [0.4, 0.5) is 11.4 Å². The molecule has 0 saturated heterocycles. The second-order valence-corrected chi connectivity index (χ2v) is 4.10. The molecule has 0 aromatic heterocycles. The second-order valence-electron chi connectivity index (χ2n) is 4.10. The van der Waals surface area contributed by atoms with E-state index < -0.39 is 10.8 Å². The van der Waals surface area contributed by atoms with Gasteiger partial charge in [-0.1, -0.05) is 30.3 Å². The van der Waals surface area contributed by atoms with Crippen molar-refractivity contribution in [2.45, 2.75) is 0 Å². The van der Waals surface area contributed by atoms with Crippen LogP contribution in [-0.4, -0.2) is 16.8 Å². The Morgan fingerprint density at radius 3 is 2.19 bits per heavy atom. The van der Waals surface area contributed by atoms with E-state index in [0.29, 0.717) is 11.3 Å². The molecule has 0 saturated carbocycles. The first-order valence-electron chi connectivity index (χ1n) is 5.98. The number of benzene rings is 2. The van der Waals surface area contributed by atoms with Crippen molar-refractivity contribution in [2.24, 2.45) is 0 Å². The van der Waals surface area contributed by atoms with Gasteiger partial charge in [-0.2, -0.15) is 0 Å². The fraction of sp³-hybridized carbons (Fsp3) is 0. The molecule has 0 fully saturated rings. The lowest BCUT2D eigenvalue weighted by atomic mass is 10.1. The largest absolute Gasteiger partial charge is 0.321 e. The first-order valence-corrected chi connectivity index (χ1v) is 5.98. The van der Waals surface area contributed by atoms with Crippen molar-refractivity contribution in [3.63, 3.8) is 0 Å². The molecular formula is C15H10N2O4. The quantitative estimate of drug-likeness (QED) is 0.403. The summed E-state index contributed by atoms with van der Waals surface area (Å²) in [4.78, 5) is 33.0. The number of non-ortho nitro benzene ring substituents is 1. The highest BCUT2D eigenvalue weighted by atomic mass is 16.6. The first-order chi connectivity index (χ1) is 10.1. The van der Waals surface area contributed by atoms with Crippen molar-refractivity contribution in [2.75, 3.05) is 5.32 Å². The van der Waals surface area contributed by atoms with Gasteiger partial charge in [0.1, 0.15) is 11.5 Å². The molecule has 1 N–H and O–H groups in total. The fourth-order valence-corrected chi connectivity index (χ4v) is 1.70. The van der Waals surface area contributed by atoms with Crippen molar-refractivity contribution >= 4 is 28.8 Å². The predicted octanol–water partition coefficient (Wildman–Crippen LogP) is 2.45. The molecule has 0 spiro atoms. The zero-order chi connectivity index (χ0) is 15.2. The molecule has 0 radical (unpaired) electrons. The van der Waals surface area contributed by atoms with Gasteiger partial charge < -0.3 is 5.32 Å². The van der Waals surface area contributed by atoms with Crippen molar-refractivity contribution in [3.8, 4) is 0 Å². The molecular weight excluding hydrogens is 272 g/mol. The summed E-state index contributed by atoms with van der Waals surface area (Å²) in [5.41, 5.74) is 0.595. The molecule has 2 aromatic carbocycles. The predicted molar refractivity (Wildman–Crippen MR) is 77.3 cm³/mol. The fourth-order valence-electron chi connectivity index (χ4n) is 1.70. The molecule has 6 heteroatoms. The highest BCUT2D eigenvalue weighted by Crippen LogP contribution is 2.18. The summed E-state index contributed by atoms with van der Waals surface area (Å²) in [7, 11) is 0. The molecule has 0 atom stereocenters. The van der Waals surface area contributed by atoms with Crippen LogP contribution in [0.5, 0.6) is 0 Å². The van der Waals surface area contributed by atoms with Gasteiger partial charge in [0.05, 0.1) is 4.92 Å². The average Bonchev–Trinajstić information content (AvgIpc) is 2.49. The average molecular weight is 282 g/mol. The van der Waals surface area contributed by atoms with Crippen molar-refractivity contribution < 1.29 is 14.5 Å². The van der Waals surface area contributed by atoms with Gasteiger partial charge in [0, 0.05) is 17.8 Å². The molecule has 2 aromatic rings. The maximum absolute atomic E-state index is 12.0. The van der Waals surface area contributed by atoms with Crippen LogP contribution in [0.2, 0.25) is 0 Å². The lowest BCUT2D eigenvalue weighted by molar-refractivity contribution is -0.384. The molecule has 0 bridgehead atoms. The summed E-state index contributed by atoms with van der Waals surface area (Å²) >= 11 is 0. The van der Waals surface area contributed by atoms with Gasteiger partial charge in [-0.25, -0.2) is 4.79 Å². The third-order valence-corrected chi connectivity index (χ3v) is 2.73. The molecule has 2 rings (SSSR count). The molecule has 21 heavy (non-hydrogen) atoms. The van der Waals surface area contributed by atoms with Crippen LogP contribution >= 0.6 is 0 Å². The van der Waals surface area contributed by atoms with E-state index in [0.717, 1.165) is 0 Å². The summed E-state index contributed by atoms with van der Waals surface area (Å²) in [5, 5.41) is 13.0. The van der Waals surface area contributed by atoms with Crippen LogP contribution in [0.3, 0.4) is 0 Å².